The highest BCUT2D eigenvalue weighted by molar-refractivity contribution is 5.37. The minimum Gasteiger partial charge on any atom is -0.508 e. The molecule has 0 radical (unpaired) electrons. The Hall–Kier alpha value is -1.84. The fraction of sp³-hybridized carbons (Fsp3) is 0.368. The zero-order chi connectivity index (χ0) is 15.2. The molecule has 1 fully saturated rings. The highest BCUT2D eigenvalue weighted by atomic mass is 16.3. The number of likely N-dealkylation sites (N-methyl/N-ethyl adjacent to an activating group) is 1. The number of phenols is 1. The summed E-state index contributed by atoms with van der Waals surface area (Å²) in [5, 5.41) is 9.78. The monoisotopic (exact) mass is 294 g/mol. The average Bonchev–Trinajstić information content (AvgIpc) is 2.96. The number of benzene rings is 2. The van der Waals surface area contributed by atoms with Gasteiger partial charge in [-0.25, -0.2) is 0 Å². The molecule has 2 aliphatic heterocycles. The second kappa shape index (κ2) is 5.11. The maximum Gasteiger partial charge on any atom is 0.115 e. The van der Waals surface area contributed by atoms with Gasteiger partial charge in [0.05, 0.1) is 5.54 Å². The van der Waals surface area contributed by atoms with Crippen LogP contribution in [0.5, 0.6) is 5.75 Å². The van der Waals surface area contributed by atoms with Gasteiger partial charge in [0, 0.05) is 26.2 Å². The number of aromatic hydroxyl groups is 1. The fourth-order valence-electron chi connectivity index (χ4n) is 4.08. The summed E-state index contributed by atoms with van der Waals surface area (Å²) in [7, 11) is 2.23. The largest absolute Gasteiger partial charge is 0.508 e. The molecule has 0 aliphatic carbocycles. The Kier molecular flexibility index (Phi) is 3.21. The molecule has 1 saturated heterocycles. The Labute approximate surface area is 131 Å². The van der Waals surface area contributed by atoms with E-state index in [0.29, 0.717) is 5.75 Å². The van der Waals surface area contributed by atoms with E-state index >= 15 is 0 Å². The van der Waals surface area contributed by atoms with Crippen molar-refractivity contribution in [2.24, 2.45) is 0 Å². The summed E-state index contributed by atoms with van der Waals surface area (Å²) in [6.45, 7) is 4.03. The molecule has 2 aromatic rings. The predicted octanol–water partition coefficient (Wildman–Crippen LogP) is 2.94. The van der Waals surface area contributed by atoms with Gasteiger partial charge in [-0.1, -0.05) is 36.4 Å². The molecular formula is C19H22N2O. The van der Waals surface area contributed by atoms with Gasteiger partial charge in [-0.2, -0.15) is 0 Å². The first-order chi connectivity index (χ1) is 10.7. The van der Waals surface area contributed by atoms with Crippen LogP contribution in [0.3, 0.4) is 0 Å². The average molecular weight is 294 g/mol. The van der Waals surface area contributed by atoms with Crippen molar-refractivity contribution in [3.05, 3.63) is 65.2 Å². The van der Waals surface area contributed by atoms with Gasteiger partial charge in [-0.15, -0.1) is 0 Å². The van der Waals surface area contributed by atoms with Gasteiger partial charge in [0.15, 0.2) is 0 Å². The first-order valence-corrected chi connectivity index (χ1v) is 7.97. The molecule has 3 nitrogen and oxygen atoms in total. The standard InChI is InChI=1S/C19H22N2O/c1-20-12-15-7-8-18(22)11-16(15)13-21-10-9-19(20,14-21)17-5-3-2-4-6-17/h2-8,11,22H,9-10,12-14H2,1H3/t19-/m0/s1. The first-order valence-electron chi connectivity index (χ1n) is 7.97. The van der Waals surface area contributed by atoms with Gasteiger partial charge in [0.2, 0.25) is 0 Å². The molecule has 0 amide bonds. The van der Waals surface area contributed by atoms with Crippen LogP contribution in [0, 0.1) is 0 Å². The van der Waals surface area contributed by atoms with Gasteiger partial charge in [-0.3, -0.25) is 9.80 Å². The summed E-state index contributed by atoms with van der Waals surface area (Å²) in [6.07, 6.45) is 1.16. The van der Waals surface area contributed by atoms with Crippen molar-refractivity contribution in [1.82, 2.24) is 9.80 Å². The van der Waals surface area contributed by atoms with Crippen LogP contribution in [0.1, 0.15) is 23.1 Å². The third kappa shape index (κ3) is 2.13. The Morgan fingerprint density at radius 2 is 1.82 bits per heavy atom. The number of fused-ring (bicyclic) bond motifs is 3. The number of hydrogen-bond donors (Lipinski definition) is 1. The zero-order valence-corrected chi connectivity index (χ0v) is 13.0. The van der Waals surface area contributed by atoms with Crippen LogP contribution in [-0.2, 0) is 18.6 Å². The second-order valence-electron chi connectivity index (χ2n) is 6.67. The Morgan fingerprint density at radius 1 is 1.00 bits per heavy atom. The summed E-state index contributed by atoms with van der Waals surface area (Å²) >= 11 is 0. The highest BCUT2D eigenvalue weighted by Crippen LogP contribution is 2.40. The number of rotatable bonds is 1. The molecule has 4 rings (SSSR count). The van der Waals surface area contributed by atoms with E-state index < -0.39 is 0 Å². The second-order valence-corrected chi connectivity index (χ2v) is 6.67. The van der Waals surface area contributed by atoms with Gasteiger partial charge in [-0.05, 0) is 42.3 Å². The lowest BCUT2D eigenvalue weighted by Crippen LogP contribution is -2.46. The molecule has 1 unspecified atom stereocenters. The molecule has 1 N–H and O–H groups in total. The molecule has 22 heavy (non-hydrogen) atoms. The molecule has 0 spiro atoms. The normalized spacial score (nSPS) is 28.0. The van der Waals surface area contributed by atoms with E-state index in [1.54, 1.807) is 6.07 Å². The van der Waals surface area contributed by atoms with E-state index in [1.165, 1.54) is 16.7 Å². The molecule has 2 heterocycles. The minimum atomic E-state index is 0.108. The van der Waals surface area contributed by atoms with E-state index in [9.17, 15) is 5.11 Å². The molecule has 2 aromatic carbocycles. The predicted molar refractivity (Wildman–Crippen MR) is 87.6 cm³/mol. The Bertz CT molecular complexity index is 685. The summed E-state index contributed by atoms with van der Waals surface area (Å²) in [5.74, 6) is 0.371. The highest BCUT2D eigenvalue weighted by Gasteiger charge is 2.44. The minimum absolute atomic E-state index is 0.108. The zero-order valence-electron chi connectivity index (χ0n) is 13.0. The fourth-order valence-corrected chi connectivity index (χ4v) is 4.08. The van der Waals surface area contributed by atoms with E-state index in [0.717, 1.165) is 32.6 Å². The van der Waals surface area contributed by atoms with E-state index in [1.807, 2.05) is 6.07 Å². The lowest BCUT2D eigenvalue weighted by Gasteiger charge is -2.41. The van der Waals surface area contributed by atoms with Crippen molar-refractivity contribution in [1.29, 1.82) is 0 Å². The van der Waals surface area contributed by atoms with Gasteiger partial charge < -0.3 is 5.11 Å². The Balaban J connectivity index is 1.78. The summed E-state index contributed by atoms with van der Waals surface area (Å²) in [6, 6.07) is 16.7. The SMILES string of the molecule is CN1Cc2ccc(O)cc2CN2CC[C@@]1(c1ccccc1)C2. The third-order valence-corrected chi connectivity index (χ3v) is 5.36. The number of hydrogen-bond acceptors (Lipinski definition) is 3. The molecule has 2 atom stereocenters. The van der Waals surface area contributed by atoms with Gasteiger partial charge in [0.1, 0.15) is 5.75 Å². The lowest BCUT2D eigenvalue weighted by molar-refractivity contribution is 0.105. The molecule has 0 aromatic heterocycles. The van der Waals surface area contributed by atoms with E-state index in [-0.39, 0.29) is 5.54 Å². The maximum absolute atomic E-state index is 9.78. The van der Waals surface area contributed by atoms with Crippen molar-refractivity contribution in [3.63, 3.8) is 0 Å². The maximum atomic E-state index is 9.78. The molecule has 2 aliphatic rings. The van der Waals surface area contributed by atoms with Crippen LogP contribution in [0.4, 0.5) is 0 Å². The van der Waals surface area contributed by atoms with Crippen LogP contribution in [0.25, 0.3) is 0 Å². The van der Waals surface area contributed by atoms with Crippen LogP contribution in [-0.4, -0.2) is 35.0 Å². The van der Waals surface area contributed by atoms with Crippen molar-refractivity contribution in [3.8, 4) is 5.75 Å². The molecule has 114 valence electrons. The van der Waals surface area contributed by atoms with Crippen LogP contribution in [0.2, 0.25) is 0 Å². The summed E-state index contributed by atoms with van der Waals surface area (Å²) < 4.78 is 0. The van der Waals surface area contributed by atoms with Crippen molar-refractivity contribution < 1.29 is 5.11 Å². The smallest absolute Gasteiger partial charge is 0.115 e. The van der Waals surface area contributed by atoms with Gasteiger partial charge >= 0.3 is 0 Å². The Morgan fingerprint density at radius 3 is 2.64 bits per heavy atom. The van der Waals surface area contributed by atoms with Gasteiger partial charge in [0.25, 0.3) is 0 Å². The van der Waals surface area contributed by atoms with Crippen LogP contribution < -0.4 is 0 Å². The summed E-state index contributed by atoms with van der Waals surface area (Å²) in [5.41, 5.74) is 4.11. The quantitative estimate of drug-likeness (QED) is 0.876. The van der Waals surface area contributed by atoms with E-state index in [4.69, 9.17) is 0 Å². The van der Waals surface area contributed by atoms with Crippen molar-refractivity contribution in [2.45, 2.75) is 25.0 Å². The molecular weight excluding hydrogens is 272 g/mol. The number of phenolic OH excluding ortho intramolecular Hbond substituents is 1. The molecule has 2 bridgehead atoms. The molecule has 3 heteroatoms. The summed E-state index contributed by atoms with van der Waals surface area (Å²) in [4.78, 5) is 5.01. The van der Waals surface area contributed by atoms with Crippen molar-refractivity contribution in [2.75, 3.05) is 20.1 Å². The molecule has 0 saturated carbocycles. The van der Waals surface area contributed by atoms with E-state index in [2.05, 4.69) is 53.2 Å². The first kappa shape index (κ1) is 13.8. The topological polar surface area (TPSA) is 26.7 Å². The lowest BCUT2D eigenvalue weighted by atomic mass is 9.86. The van der Waals surface area contributed by atoms with Crippen LogP contribution in [0.15, 0.2) is 48.5 Å². The number of nitrogens with zero attached hydrogens (tertiary/aromatic N) is 2. The van der Waals surface area contributed by atoms with Crippen molar-refractivity contribution >= 4 is 0 Å². The third-order valence-electron chi connectivity index (χ3n) is 5.36. The van der Waals surface area contributed by atoms with Crippen LogP contribution >= 0.6 is 0 Å².